The van der Waals surface area contributed by atoms with Gasteiger partial charge in [-0.2, -0.15) is 9.13 Å². The molecule has 0 saturated heterocycles. The third-order valence-corrected chi connectivity index (χ3v) is 15.3. The van der Waals surface area contributed by atoms with Gasteiger partial charge in [0.1, 0.15) is 0 Å². The summed E-state index contributed by atoms with van der Waals surface area (Å²) in [5, 5.41) is 0. The third-order valence-electron chi connectivity index (χ3n) is 15.3. The lowest BCUT2D eigenvalue weighted by molar-refractivity contribution is -0.782. The van der Waals surface area contributed by atoms with Crippen LogP contribution in [0.5, 0.6) is 0 Å². The fraction of sp³-hybridized carbons (Fsp3) is 0.542. The summed E-state index contributed by atoms with van der Waals surface area (Å²) in [6.07, 6.45) is 23.2. The quantitative estimate of drug-likeness (QED) is 0.157. The molecule has 2 nitrogen and oxygen atoms in total. The van der Waals surface area contributed by atoms with E-state index < -0.39 is 0 Å². The molecule has 7 aliphatic rings. The molecule has 0 N–H and O–H groups in total. The molecule has 4 aromatic rings. The van der Waals surface area contributed by atoms with Crippen molar-refractivity contribution in [1.82, 2.24) is 0 Å². The van der Waals surface area contributed by atoms with Crippen LogP contribution in [0.15, 0.2) is 67.0 Å². The number of hydrogen-bond donors (Lipinski definition) is 0. The standard InChI is InChI=1S/C48H60N2/c1-6-9-12-33-14-23-38-44(28-33)47(5,7-2)48(8-3,50-25-11-10-13-45(38)50)24-26-49-31-43-37-21-19-36(20-22-37)42(43)30-46(49)39-29-41-35-17-15-34(16-18-35)40(41)27-32(39)4/h10-11,13-14,23,25,27-31,34-37H,6-9,12,15-22,24,26H2,1-5H3/q+2. The average Bonchev–Trinajstić information content (AvgIpc) is 3.17. The number of aromatic nitrogens is 2. The molecule has 0 amide bonds. The number of nitrogens with zero attached hydrogens (tertiary/aromatic N) is 2. The third kappa shape index (κ3) is 4.79. The lowest BCUT2D eigenvalue weighted by Gasteiger charge is -2.47. The second-order valence-electron chi connectivity index (χ2n) is 17.4. The first-order chi connectivity index (χ1) is 24.4. The SMILES string of the molecule is CCCCc1ccc2c(c1)C(C)(CC)C(CC)(CC[n+]1cc3c(cc1-c1cc4c(cc1C)C1CCC4CC1)C1CCC3CC1)[n+]1ccccc1-2. The van der Waals surface area contributed by atoms with Crippen molar-refractivity contribution in [3.63, 3.8) is 0 Å². The van der Waals surface area contributed by atoms with E-state index in [1.54, 1.807) is 27.8 Å². The normalized spacial score (nSPS) is 28.6. The van der Waals surface area contributed by atoms with Gasteiger partial charge in [-0.15, -0.1) is 0 Å². The van der Waals surface area contributed by atoms with Gasteiger partial charge in [0.2, 0.25) is 11.4 Å². The molecule has 2 heteroatoms. The number of rotatable bonds is 9. The van der Waals surface area contributed by atoms with Crippen LogP contribution in [0.2, 0.25) is 0 Å². The maximum atomic E-state index is 2.76. The van der Waals surface area contributed by atoms with Crippen LogP contribution in [0.4, 0.5) is 0 Å². The zero-order valence-corrected chi connectivity index (χ0v) is 31.7. The van der Waals surface area contributed by atoms with Crippen LogP contribution in [-0.4, -0.2) is 0 Å². The van der Waals surface area contributed by atoms with Crippen molar-refractivity contribution < 1.29 is 9.13 Å². The number of pyridine rings is 2. The van der Waals surface area contributed by atoms with Crippen LogP contribution >= 0.6 is 0 Å². The van der Waals surface area contributed by atoms with Crippen molar-refractivity contribution in [2.24, 2.45) is 0 Å². The highest BCUT2D eigenvalue weighted by molar-refractivity contribution is 5.67. The molecule has 2 aromatic heterocycles. The van der Waals surface area contributed by atoms with Crippen molar-refractivity contribution in [2.75, 3.05) is 0 Å². The van der Waals surface area contributed by atoms with Crippen molar-refractivity contribution in [3.8, 4) is 22.5 Å². The van der Waals surface area contributed by atoms with Gasteiger partial charge in [0, 0.05) is 35.7 Å². The van der Waals surface area contributed by atoms with E-state index in [-0.39, 0.29) is 11.0 Å². The zero-order chi connectivity index (χ0) is 34.2. The van der Waals surface area contributed by atoms with Crippen molar-refractivity contribution in [1.29, 1.82) is 0 Å². The molecule has 4 bridgehead atoms. The summed E-state index contributed by atoms with van der Waals surface area (Å²) >= 11 is 0. The Hall–Kier alpha value is -3.26. The van der Waals surface area contributed by atoms with Crippen LogP contribution in [-0.2, 0) is 23.9 Å². The van der Waals surface area contributed by atoms with Crippen molar-refractivity contribution >= 4 is 0 Å². The lowest BCUT2D eigenvalue weighted by atomic mass is 9.58. The Morgan fingerprint density at radius 1 is 0.680 bits per heavy atom. The molecule has 2 aromatic carbocycles. The van der Waals surface area contributed by atoms with Gasteiger partial charge in [-0.05, 0) is 160 Å². The van der Waals surface area contributed by atoms with E-state index in [0.29, 0.717) is 0 Å². The van der Waals surface area contributed by atoms with Gasteiger partial charge in [0.25, 0.3) is 0 Å². The molecule has 0 radical (unpaired) electrons. The van der Waals surface area contributed by atoms with Gasteiger partial charge < -0.3 is 0 Å². The topological polar surface area (TPSA) is 7.76 Å². The summed E-state index contributed by atoms with van der Waals surface area (Å²) in [4.78, 5) is 0. The van der Waals surface area contributed by atoms with Crippen molar-refractivity contribution in [3.05, 3.63) is 106 Å². The highest BCUT2D eigenvalue weighted by Crippen LogP contribution is 2.54. The van der Waals surface area contributed by atoms with Crippen molar-refractivity contribution in [2.45, 2.75) is 166 Å². The second kappa shape index (κ2) is 12.5. The predicted molar refractivity (Wildman–Crippen MR) is 206 cm³/mol. The number of benzene rings is 2. The van der Waals surface area contributed by atoms with E-state index >= 15 is 0 Å². The molecular weight excluding hydrogens is 605 g/mol. The number of aryl methyl sites for hydroxylation is 3. The van der Waals surface area contributed by atoms with E-state index in [9.17, 15) is 0 Å². The summed E-state index contributed by atoms with van der Waals surface area (Å²) in [5.74, 6) is 3.05. The number of fused-ring (bicyclic) bond motifs is 7. The van der Waals surface area contributed by atoms with Gasteiger partial charge in [-0.1, -0.05) is 45.4 Å². The monoisotopic (exact) mass is 664 g/mol. The highest BCUT2D eigenvalue weighted by Gasteiger charge is 2.59. The van der Waals surface area contributed by atoms with E-state index in [1.165, 1.54) is 104 Å². The van der Waals surface area contributed by atoms with E-state index in [0.717, 1.165) is 49.5 Å². The molecule has 0 spiro atoms. The molecular formula is C48H60N2+2. The Balaban J connectivity index is 1.18. The molecule has 50 heavy (non-hydrogen) atoms. The predicted octanol–water partition coefficient (Wildman–Crippen LogP) is 11.6. The molecule has 2 saturated carbocycles. The summed E-state index contributed by atoms with van der Waals surface area (Å²) < 4.78 is 5.49. The Kier molecular flexibility index (Phi) is 8.13. The van der Waals surface area contributed by atoms with Crippen LogP contribution < -0.4 is 9.13 Å². The van der Waals surface area contributed by atoms with Gasteiger partial charge >= 0.3 is 0 Å². The minimum atomic E-state index is -0.0298. The van der Waals surface area contributed by atoms with E-state index in [1.807, 2.05) is 0 Å². The van der Waals surface area contributed by atoms with E-state index in [4.69, 9.17) is 0 Å². The molecule has 3 heterocycles. The molecule has 2 atom stereocenters. The Labute approximate surface area is 302 Å². The largest absolute Gasteiger partial charge is 0.213 e. The Morgan fingerprint density at radius 3 is 2.00 bits per heavy atom. The molecule has 6 aliphatic carbocycles. The molecule has 260 valence electrons. The first-order valence-corrected chi connectivity index (χ1v) is 20.8. The molecule has 1 aliphatic heterocycles. The molecule has 2 fully saturated rings. The highest BCUT2D eigenvalue weighted by atomic mass is 15.1. The summed E-state index contributed by atoms with van der Waals surface area (Å²) in [5.41, 5.74) is 17.1. The number of unbranched alkanes of at least 4 members (excludes halogenated alkanes) is 1. The van der Waals surface area contributed by atoms with Crippen LogP contribution in [0.25, 0.3) is 22.5 Å². The van der Waals surface area contributed by atoms with Gasteiger partial charge in [-0.25, -0.2) is 0 Å². The van der Waals surface area contributed by atoms with E-state index in [2.05, 4.69) is 111 Å². The number of hydrogen-bond acceptors (Lipinski definition) is 0. The summed E-state index contributed by atoms with van der Waals surface area (Å²) in [6.45, 7) is 13.3. The lowest BCUT2D eigenvalue weighted by Crippen LogP contribution is -2.70. The first-order valence-electron chi connectivity index (χ1n) is 20.8. The zero-order valence-electron chi connectivity index (χ0n) is 31.7. The maximum Gasteiger partial charge on any atom is 0.213 e. The fourth-order valence-corrected chi connectivity index (χ4v) is 12.2. The van der Waals surface area contributed by atoms with Crippen LogP contribution in [0, 0.1) is 6.92 Å². The average molecular weight is 665 g/mol. The Bertz CT molecular complexity index is 1940. The minimum Gasteiger partial charge on any atom is -0.198 e. The van der Waals surface area contributed by atoms with Gasteiger partial charge in [0.05, 0.1) is 17.4 Å². The minimum absolute atomic E-state index is 0.0211. The molecule has 2 unspecified atom stereocenters. The smallest absolute Gasteiger partial charge is 0.198 e. The van der Waals surface area contributed by atoms with Crippen LogP contribution in [0.3, 0.4) is 0 Å². The fourth-order valence-electron chi connectivity index (χ4n) is 12.2. The summed E-state index contributed by atoms with van der Waals surface area (Å²) in [6, 6.07) is 22.4. The van der Waals surface area contributed by atoms with Gasteiger partial charge in [-0.3, -0.25) is 0 Å². The Morgan fingerprint density at radius 2 is 1.34 bits per heavy atom. The second-order valence-corrected chi connectivity index (χ2v) is 17.4. The van der Waals surface area contributed by atoms with Crippen LogP contribution in [0.1, 0.15) is 174 Å². The summed E-state index contributed by atoms with van der Waals surface area (Å²) in [7, 11) is 0. The molecule has 11 rings (SSSR count). The maximum absolute atomic E-state index is 2.76. The first kappa shape index (κ1) is 32.6. The van der Waals surface area contributed by atoms with Gasteiger partial charge in [0.15, 0.2) is 24.5 Å².